The summed E-state index contributed by atoms with van der Waals surface area (Å²) in [6, 6.07) is 22.1. The monoisotopic (exact) mass is 433 g/mol. The topological polar surface area (TPSA) is 64.6 Å². The van der Waals surface area contributed by atoms with Gasteiger partial charge < -0.3 is 14.8 Å². The summed E-state index contributed by atoms with van der Waals surface area (Å²) in [4.78, 5) is 25.6. The maximum absolute atomic E-state index is 12.6. The van der Waals surface area contributed by atoms with Crippen LogP contribution in [0.15, 0.2) is 83.8 Å². The number of rotatable bonds is 9. The van der Waals surface area contributed by atoms with Crippen molar-refractivity contribution >= 4 is 35.2 Å². The molecule has 0 unspecified atom stereocenters. The second kappa shape index (κ2) is 11.0. The van der Waals surface area contributed by atoms with Gasteiger partial charge >= 0.3 is 0 Å². The number of nitrogens with one attached hydrogen (secondary N) is 1. The van der Waals surface area contributed by atoms with Crippen molar-refractivity contribution in [3.05, 3.63) is 90.0 Å². The van der Waals surface area contributed by atoms with E-state index in [-0.39, 0.29) is 17.4 Å². The second-order valence-corrected chi connectivity index (χ2v) is 7.59. The highest BCUT2D eigenvalue weighted by Gasteiger charge is 2.11. The van der Waals surface area contributed by atoms with Crippen molar-refractivity contribution in [2.75, 3.05) is 25.3 Å². The van der Waals surface area contributed by atoms with E-state index in [1.807, 2.05) is 54.6 Å². The van der Waals surface area contributed by atoms with Gasteiger partial charge in [-0.3, -0.25) is 9.59 Å². The normalized spacial score (nSPS) is 10.6. The van der Waals surface area contributed by atoms with Gasteiger partial charge in [-0.05, 0) is 48.0 Å². The third-order valence-electron chi connectivity index (χ3n) is 4.40. The molecule has 3 aromatic rings. The summed E-state index contributed by atoms with van der Waals surface area (Å²) in [6.07, 6.45) is 3.26. The Morgan fingerprint density at radius 1 is 0.903 bits per heavy atom. The molecular formula is C25H23NO4S. The summed E-state index contributed by atoms with van der Waals surface area (Å²) >= 11 is 1.41. The number of thioether (sulfide) groups is 1. The number of carbonyl (C=O) groups excluding carboxylic acids is 2. The van der Waals surface area contributed by atoms with Gasteiger partial charge in [0.2, 0.25) is 5.91 Å². The number of hydrogen-bond acceptors (Lipinski definition) is 5. The van der Waals surface area contributed by atoms with E-state index in [4.69, 9.17) is 9.47 Å². The molecule has 0 fully saturated rings. The Morgan fingerprint density at radius 2 is 1.68 bits per heavy atom. The summed E-state index contributed by atoms with van der Waals surface area (Å²) in [5.74, 6) is 1.13. The molecule has 0 aliphatic heterocycles. The second-order valence-electron chi connectivity index (χ2n) is 6.54. The molecule has 0 aromatic heterocycles. The summed E-state index contributed by atoms with van der Waals surface area (Å²) in [5, 5.41) is 2.85. The van der Waals surface area contributed by atoms with Crippen LogP contribution in [0.2, 0.25) is 0 Å². The number of hydrogen-bond donors (Lipinski definition) is 1. The maximum Gasteiger partial charge on any atom is 0.248 e. The number of ether oxygens (including phenoxy) is 2. The average Bonchev–Trinajstić information content (AvgIpc) is 2.81. The molecule has 1 N–H and O–H groups in total. The highest BCUT2D eigenvalue weighted by molar-refractivity contribution is 8.00. The van der Waals surface area contributed by atoms with Crippen molar-refractivity contribution in [1.82, 2.24) is 0 Å². The first-order valence-electron chi connectivity index (χ1n) is 9.61. The number of Topliss-reactive ketones (excluding diaryl/α,β-unsaturated/α-hetero) is 1. The molecule has 158 valence electrons. The van der Waals surface area contributed by atoms with Gasteiger partial charge in [-0.2, -0.15) is 0 Å². The van der Waals surface area contributed by atoms with Gasteiger partial charge in [0.05, 0.1) is 20.0 Å². The molecular weight excluding hydrogens is 410 g/mol. The van der Waals surface area contributed by atoms with Crippen molar-refractivity contribution in [3.8, 4) is 11.5 Å². The van der Waals surface area contributed by atoms with E-state index < -0.39 is 0 Å². The Bertz CT molecular complexity index is 1080. The summed E-state index contributed by atoms with van der Waals surface area (Å²) in [5.41, 5.74) is 2.18. The number of benzene rings is 3. The van der Waals surface area contributed by atoms with Crippen LogP contribution < -0.4 is 14.8 Å². The number of methoxy groups -OCH3 is 2. The first kappa shape index (κ1) is 22.2. The average molecular weight is 434 g/mol. The lowest BCUT2D eigenvalue weighted by atomic mass is 10.1. The van der Waals surface area contributed by atoms with Crippen LogP contribution in [-0.4, -0.2) is 31.7 Å². The van der Waals surface area contributed by atoms with Crippen LogP contribution in [0.25, 0.3) is 6.08 Å². The van der Waals surface area contributed by atoms with Gasteiger partial charge in [0.1, 0.15) is 0 Å². The lowest BCUT2D eigenvalue weighted by Crippen LogP contribution is -2.07. The largest absolute Gasteiger partial charge is 0.493 e. The van der Waals surface area contributed by atoms with Crippen molar-refractivity contribution in [3.63, 3.8) is 0 Å². The molecule has 0 radical (unpaired) electrons. The lowest BCUT2D eigenvalue weighted by molar-refractivity contribution is -0.111. The van der Waals surface area contributed by atoms with Gasteiger partial charge in [-0.15, -0.1) is 11.8 Å². The number of anilines is 1. The van der Waals surface area contributed by atoms with Gasteiger partial charge in [-0.1, -0.05) is 36.4 Å². The standard InChI is InChI=1S/C25H23NO4S/c1-29-23-13-12-19(15-24(23)30-2)22(27)17-31-21-10-6-9-20(16-21)26-25(28)14-11-18-7-4-3-5-8-18/h3-16H,17H2,1-2H3,(H,26,28)/b14-11+. The van der Waals surface area contributed by atoms with Crippen LogP contribution in [-0.2, 0) is 4.79 Å². The molecule has 6 heteroatoms. The van der Waals surface area contributed by atoms with E-state index in [0.29, 0.717) is 22.7 Å². The van der Waals surface area contributed by atoms with E-state index in [2.05, 4.69) is 5.32 Å². The van der Waals surface area contributed by atoms with E-state index >= 15 is 0 Å². The van der Waals surface area contributed by atoms with Crippen molar-refractivity contribution in [1.29, 1.82) is 0 Å². The Kier molecular flexibility index (Phi) is 7.90. The zero-order valence-corrected chi connectivity index (χ0v) is 18.1. The lowest BCUT2D eigenvalue weighted by Gasteiger charge is -2.09. The Balaban J connectivity index is 1.58. The highest BCUT2D eigenvalue weighted by Crippen LogP contribution is 2.29. The van der Waals surface area contributed by atoms with Gasteiger partial charge in [0.15, 0.2) is 17.3 Å². The smallest absolute Gasteiger partial charge is 0.248 e. The highest BCUT2D eigenvalue weighted by atomic mass is 32.2. The third-order valence-corrected chi connectivity index (χ3v) is 5.40. The van der Waals surface area contributed by atoms with Crippen LogP contribution in [0, 0.1) is 0 Å². The van der Waals surface area contributed by atoms with E-state index in [0.717, 1.165) is 10.5 Å². The number of ketones is 1. The quantitative estimate of drug-likeness (QED) is 0.281. The minimum atomic E-state index is -0.215. The molecule has 3 rings (SSSR count). The van der Waals surface area contributed by atoms with Crippen molar-refractivity contribution in [2.24, 2.45) is 0 Å². The minimum absolute atomic E-state index is 0.0220. The van der Waals surface area contributed by atoms with Crippen LogP contribution in [0.1, 0.15) is 15.9 Å². The molecule has 0 heterocycles. The van der Waals surface area contributed by atoms with Crippen LogP contribution in [0.3, 0.4) is 0 Å². The number of amides is 1. The predicted octanol–water partition coefficient (Wildman–Crippen LogP) is 5.33. The molecule has 0 spiro atoms. The molecule has 5 nitrogen and oxygen atoms in total. The van der Waals surface area contributed by atoms with Gasteiger partial charge in [0.25, 0.3) is 0 Å². The fourth-order valence-electron chi connectivity index (χ4n) is 2.83. The molecule has 1 amide bonds. The Morgan fingerprint density at radius 3 is 2.42 bits per heavy atom. The maximum atomic E-state index is 12.6. The fourth-order valence-corrected chi connectivity index (χ4v) is 3.68. The Hall–Kier alpha value is -3.51. The molecule has 31 heavy (non-hydrogen) atoms. The summed E-state index contributed by atoms with van der Waals surface area (Å²) in [7, 11) is 3.09. The summed E-state index contributed by atoms with van der Waals surface area (Å²) < 4.78 is 10.5. The first-order valence-corrected chi connectivity index (χ1v) is 10.6. The minimum Gasteiger partial charge on any atom is -0.493 e. The molecule has 0 saturated carbocycles. The van der Waals surface area contributed by atoms with Crippen molar-refractivity contribution < 1.29 is 19.1 Å². The number of carbonyl (C=O) groups is 2. The fraction of sp³-hybridized carbons (Fsp3) is 0.120. The predicted molar refractivity (Wildman–Crippen MR) is 125 cm³/mol. The SMILES string of the molecule is COc1ccc(C(=O)CSc2cccc(NC(=O)/C=C/c3ccccc3)c2)cc1OC. The molecule has 0 bridgehead atoms. The molecule has 0 saturated heterocycles. The van der Waals surface area contributed by atoms with E-state index in [9.17, 15) is 9.59 Å². The zero-order valence-electron chi connectivity index (χ0n) is 17.3. The molecule has 3 aromatic carbocycles. The van der Waals surface area contributed by atoms with Gasteiger partial charge in [0, 0.05) is 22.2 Å². The first-order chi connectivity index (χ1) is 15.1. The van der Waals surface area contributed by atoms with Crippen LogP contribution in [0.4, 0.5) is 5.69 Å². The molecule has 0 aliphatic rings. The van der Waals surface area contributed by atoms with Gasteiger partial charge in [-0.25, -0.2) is 0 Å². The molecule has 0 atom stereocenters. The van der Waals surface area contributed by atoms with Crippen LogP contribution >= 0.6 is 11.8 Å². The molecule has 0 aliphatic carbocycles. The zero-order chi connectivity index (χ0) is 22.1. The summed E-state index contributed by atoms with van der Waals surface area (Å²) in [6.45, 7) is 0. The van der Waals surface area contributed by atoms with E-state index in [1.165, 1.54) is 24.9 Å². The Labute approximate surface area is 186 Å². The van der Waals surface area contributed by atoms with E-state index in [1.54, 1.807) is 31.4 Å². The van der Waals surface area contributed by atoms with Crippen LogP contribution in [0.5, 0.6) is 11.5 Å². The third kappa shape index (κ3) is 6.49. The van der Waals surface area contributed by atoms with Crippen molar-refractivity contribution in [2.45, 2.75) is 4.90 Å².